The van der Waals surface area contributed by atoms with Gasteiger partial charge in [-0.05, 0) is 43.5 Å². The molecule has 1 aromatic heterocycles. The predicted octanol–water partition coefficient (Wildman–Crippen LogP) is 3.32. The lowest BCUT2D eigenvalue weighted by molar-refractivity contribution is 0.164. The Bertz CT molecular complexity index is 664. The molecule has 0 aliphatic carbocycles. The molecular formula is C17H21FN4OS. The molecule has 128 valence electrons. The van der Waals surface area contributed by atoms with Crippen molar-refractivity contribution < 1.29 is 9.18 Å². The second-order valence-electron chi connectivity index (χ2n) is 6.07. The Kier molecular flexibility index (Phi) is 5.77. The average molecular weight is 348 g/mol. The van der Waals surface area contributed by atoms with Crippen molar-refractivity contribution in [2.45, 2.75) is 19.4 Å². The molecule has 5 nitrogen and oxygen atoms in total. The molecule has 1 aromatic carbocycles. The number of rotatable bonds is 5. The van der Waals surface area contributed by atoms with Crippen LogP contribution in [0.4, 0.5) is 14.9 Å². The van der Waals surface area contributed by atoms with Crippen LogP contribution in [0.2, 0.25) is 0 Å². The minimum Gasteiger partial charge on any atom is -0.338 e. The highest BCUT2D eigenvalue weighted by Crippen LogP contribution is 2.18. The average Bonchev–Trinajstić information content (AvgIpc) is 3.06. The van der Waals surface area contributed by atoms with Crippen LogP contribution in [-0.4, -0.2) is 35.5 Å². The summed E-state index contributed by atoms with van der Waals surface area (Å²) in [5.41, 5.74) is 3.42. The van der Waals surface area contributed by atoms with Gasteiger partial charge in [0.1, 0.15) is 5.82 Å². The van der Waals surface area contributed by atoms with Gasteiger partial charge in [-0.1, -0.05) is 6.07 Å². The summed E-state index contributed by atoms with van der Waals surface area (Å²) < 4.78 is 13.1. The zero-order valence-electron chi connectivity index (χ0n) is 13.4. The van der Waals surface area contributed by atoms with E-state index < -0.39 is 0 Å². The Morgan fingerprint density at radius 2 is 2.38 bits per heavy atom. The highest BCUT2D eigenvalue weighted by molar-refractivity contribution is 7.07. The van der Waals surface area contributed by atoms with Crippen LogP contribution in [0, 0.1) is 11.7 Å². The number of piperidine rings is 1. The molecule has 1 fully saturated rings. The number of nitrogens with zero attached hydrogens (tertiary/aromatic N) is 2. The maximum Gasteiger partial charge on any atom is 0.319 e. The van der Waals surface area contributed by atoms with Crippen molar-refractivity contribution in [1.29, 1.82) is 0 Å². The summed E-state index contributed by atoms with van der Waals surface area (Å²) >= 11 is 1.62. The number of thiazole rings is 1. The fourth-order valence-corrected chi connectivity index (χ4v) is 3.53. The summed E-state index contributed by atoms with van der Waals surface area (Å²) in [4.78, 5) is 18.7. The molecule has 1 aliphatic rings. The van der Waals surface area contributed by atoms with E-state index in [1.807, 2.05) is 5.51 Å². The lowest BCUT2D eigenvalue weighted by Gasteiger charge is -2.32. The molecule has 2 aromatic rings. The third kappa shape index (κ3) is 5.01. The van der Waals surface area contributed by atoms with E-state index in [2.05, 4.69) is 25.9 Å². The fourth-order valence-electron chi connectivity index (χ4n) is 2.98. The van der Waals surface area contributed by atoms with E-state index in [0.29, 0.717) is 18.2 Å². The van der Waals surface area contributed by atoms with E-state index >= 15 is 0 Å². The third-order valence-electron chi connectivity index (χ3n) is 4.11. The van der Waals surface area contributed by atoms with Gasteiger partial charge in [-0.3, -0.25) is 4.90 Å². The monoisotopic (exact) mass is 348 g/mol. The molecule has 1 saturated heterocycles. The number of amides is 2. The molecule has 3 rings (SSSR count). The van der Waals surface area contributed by atoms with Crippen LogP contribution in [-0.2, 0) is 6.54 Å². The van der Waals surface area contributed by atoms with Crippen LogP contribution in [0.25, 0.3) is 0 Å². The van der Waals surface area contributed by atoms with Gasteiger partial charge >= 0.3 is 6.03 Å². The lowest BCUT2D eigenvalue weighted by Crippen LogP contribution is -2.41. The van der Waals surface area contributed by atoms with Crippen molar-refractivity contribution in [1.82, 2.24) is 15.2 Å². The zero-order chi connectivity index (χ0) is 16.8. The third-order valence-corrected chi connectivity index (χ3v) is 4.74. The van der Waals surface area contributed by atoms with Crippen LogP contribution in [0.5, 0.6) is 0 Å². The molecule has 0 saturated carbocycles. The maximum absolute atomic E-state index is 13.1. The first-order chi connectivity index (χ1) is 11.7. The van der Waals surface area contributed by atoms with Gasteiger partial charge in [0, 0.05) is 30.7 Å². The molecular weight excluding hydrogens is 327 g/mol. The Balaban J connectivity index is 1.43. The first-order valence-corrected chi connectivity index (χ1v) is 9.03. The van der Waals surface area contributed by atoms with Crippen molar-refractivity contribution in [2.24, 2.45) is 5.92 Å². The molecule has 2 N–H and O–H groups in total. The number of benzene rings is 1. The van der Waals surface area contributed by atoms with E-state index in [4.69, 9.17) is 0 Å². The van der Waals surface area contributed by atoms with E-state index in [1.54, 1.807) is 23.5 Å². The molecule has 24 heavy (non-hydrogen) atoms. The maximum atomic E-state index is 13.1. The Hall–Kier alpha value is -1.99. The molecule has 0 radical (unpaired) electrons. The van der Waals surface area contributed by atoms with Gasteiger partial charge in [-0.25, -0.2) is 14.2 Å². The number of hydrogen-bond acceptors (Lipinski definition) is 4. The van der Waals surface area contributed by atoms with E-state index in [9.17, 15) is 9.18 Å². The number of urea groups is 1. The number of nitrogens with one attached hydrogen (secondary N) is 2. The highest BCUT2D eigenvalue weighted by atomic mass is 32.1. The highest BCUT2D eigenvalue weighted by Gasteiger charge is 2.20. The van der Waals surface area contributed by atoms with Gasteiger partial charge in [0.25, 0.3) is 0 Å². The Morgan fingerprint density at radius 1 is 1.46 bits per heavy atom. The quantitative estimate of drug-likeness (QED) is 0.871. The summed E-state index contributed by atoms with van der Waals surface area (Å²) in [6.07, 6.45) is 2.23. The zero-order valence-corrected chi connectivity index (χ0v) is 14.2. The van der Waals surface area contributed by atoms with Crippen LogP contribution >= 0.6 is 11.3 Å². The first kappa shape index (κ1) is 16.9. The number of carbonyl (C=O) groups excluding carboxylic acids is 1. The SMILES string of the molecule is O=C(NC[C@H]1CCCN(Cc2cscn2)C1)Nc1cccc(F)c1. The number of likely N-dealkylation sites (tertiary alicyclic amines) is 1. The second-order valence-corrected chi connectivity index (χ2v) is 6.79. The molecule has 0 bridgehead atoms. The molecule has 1 aliphatic heterocycles. The molecule has 0 unspecified atom stereocenters. The van der Waals surface area contributed by atoms with E-state index in [1.165, 1.54) is 12.1 Å². The van der Waals surface area contributed by atoms with Crippen molar-refractivity contribution >= 4 is 23.1 Å². The van der Waals surface area contributed by atoms with Crippen LogP contribution < -0.4 is 10.6 Å². The summed E-state index contributed by atoms with van der Waals surface area (Å²) in [5.74, 6) is 0.0633. The van der Waals surface area contributed by atoms with Gasteiger partial charge in [-0.15, -0.1) is 11.3 Å². The molecule has 7 heteroatoms. The number of halogens is 1. The largest absolute Gasteiger partial charge is 0.338 e. The summed E-state index contributed by atoms with van der Waals surface area (Å²) in [6, 6.07) is 5.59. The Labute approximate surface area is 144 Å². The molecule has 2 heterocycles. The summed E-state index contributed by atoms with van der Waals surface area (Å²) in [6.45, 7) is 3.52. The molecule has 0 spiro atoms. The van der Waals surface area contributed by atoms with Crippen LogP contribution in [0.3, 0.4) is 0 Å². The van der Waals surface area contributed by atoms with Crippen molar-refractivity contribution in [3.63, 3.8) is 0 Å². The van der Waals surface area contributed by atoms with Crippen molar-refractivity contribution in [2.75, 3.05) is 25.0 Å². The molecule has 1 atom stereocenters. The number of anilines is 1. The fraction of sp³-hybridized carbons (Fsp3) is 0.412. The van der Waals surface area contributed by atoms with Crippen molar-refractivity contribution in [3.05, 3.63) is 46.7 Å². The lowest BCUT2D eigenvalue weighted by atomic mass is 9.98. The van der Waals surface area contributed by atoms with Crippen molar-refractivity contribution in [3.8, 4) is 0 Å². The second kappa shape index (κ2) is 8.21. The normalized spacial score (nSPS) is 18.3. The van der Waals surface area contributed by atoms with Gasteiger partial charge in [-0.2, -0.15) is 0 Å². The minimum atomic E-state index is -0.363. The van der Waals surface area contributed by atoms with E-state index in [-0.39, 0.29) is 11.8 Å². The number of aromatic nitrogens is 1. The standard InChI is InChI=1S/C17H21FN4OS/c18-14-4-1-5-15(7-14)21-17(23)19-8-13-3-2-6-22(9-13)10-16-11-24-12-20-16/h1,4-5,7,11-13H,2-3,6,8-10H2,(H2,19,21,23)/t13-/m1/s1. The van der Waals surface area contributed by atoms with Gasteiger partial charge in [0.05, 0.1) is 11.2 Å². The topological polar surface area (TPSA) is 57.3 Å². The Morgan fingerprint density at radius 3 is 3.17 bits per heavy atom. The minimum absolute atomic E-state index is 0.294. The summed E-state index contributed by atoms with van der Waals surface area (Å²) in [5, 5.41) is 7.62. The smallest absolute Gasteiger partial charge is 0.319 e. The number of carbonyl (C=O) groups is 1. The van der Waals surface area contributed by atoms with Gasteiger partial charge < -0.3 is 10.6 Å². The van der Waals surface area contributed by atoms with Gasteiger partial charge in [0.2, 0.25) is 0 Å². The van der Waals surface area contributed by atoms with Gasteiger partial charge in [0.15, 0.2) is 0 Å². The summed E-state index contributed by atoms with van der Waals surface area (Å²) in [7, 11) is 0. The van der Waals surface area contributed by atoms with Crippen LogP contribution in [0.1, 0.15) is 18.5 Å². The number of hydrogen-bond donors (Lipinski definition) is 2. The van der Waals surface area contributed by atoms with E-state index in [0.717, 1.165) is 38.2 Å². The first-order valence-electron chi connectivity index (χ1n) is 8.09. The molecule has 2 amide bonds. The van der Waals surface area contributed by atoms with Crippen LogP contribution in [0.15, 0.2) is 35.2 Å². The predicted molar refractivity (Wildman–Crippen MR) is 93.5 cm³/mol.